The number of nitriles is 1. The van der Waals surface area contributed by atoms with Crippen LogP contribution in [0.5, 0.6) is 0 Å². The number of hydrogen-bond donors (Lipinski definition) is 1. The minimum atomic E-state index is -0.749. The molecular formula is C18H17N5O6. The Labute approximate surface area is 165 Å². The van der Waals surface area contributed by atoms with E-state index in [1.54, 1.807) is 11.0 Å². The van der Waals surface area contributed by atoms with Crippen LogP contribution in [0.25, 0.3) is 0 Å². The average molecular weight is 399 g/mol. The maximum Gasteiger partial charge on any atom is 0.270 e. The number of hydrogen-bond acceptors (Lipinski definition) is 7. The highest BCUT2D eigenvalue weighted by Gasteiger charge is 2.38. The highest BCUT2D eigenvalue weighted by atomic mass is 16.6. The third kappa shape index (κ3) is 4.06. The minimum Gasteiger partial charge on any atom is -0.352 e. The number of nitro groups is 1. The molecule has 3 rings (SSSR count). The van der Waals surface area contributed by atoms with Crippen molar-refractivity contribution in [2.45, 2.75) is 25.3 Å². The lowest BCUT2D eigenvalue weighted by Gasteiger charge is -2.32. The third-order valence-electron chi connectivity index (χ3n) is 4.91. The molecule has 150 valence electrons. The zero-order valence-electron chi connectivity index (χ0n) is 15.3. The largest absolute Gasteiger partial charge is 0.352 e. The van der Waals surface area contributed by atoms with Gasteiger partial charge in [-0.05, 0) is 18.9 Å². The van der Waals surface area contributed by atoms with E-state index in [0.29, 0.717) is 25.9 Å². The van der Waals surface area contributed by atoms with Crippen molar-refractivity contribution in [2.75, 3.05) is 19.6 Å². The molecule has 0 saturated carbocycles. The van der Waals surface area contributed by atoms with Crippen LogP contribution in [0, 0.1) is 21.4 Å². The number of carbonyl (C=O) groups is 4. The molecule has 1 saturated heterocycles. The maximum atomic E-state index is 12.4. The van der Waals surface area contributed by atoms with Crippen LogP contribution in [0.1, 0.15) is 40.0 Å². The molecule has 0 atom stereocenters. The highest BCUT2D eigenvalue weighted by molar-refractivity contribution is 6.22. The fraction of sp³-hybridized carbons (Fsp3) is 0.389. The van der Waals surface area contributed by atoms with Crippen molar-refractivity contribution in [3.8, 4) is 6.07 Å². The van der Waals surface area contributed by atoms with Crippen molar-refractivity contribution in [2.24, 2.45) is 0 Å². The number of fused-ring (bicyclic) bond motifs is 1. The Morgan fingerprint density at radius 2 is 1.86 bits per heavy atom. The number of non-ortho nitro benzene ring substituents is 1. The van der Waals surface area contributed by atoms with Gasteiger partial charge in [0.05, 0.1) is 22.1 Å². The Hall–Kier alpha value is -3.81. The zero-order chi connectivity index (χ0) is 21.1. The second-order valence-corrected chi connectivity index (χ2v) is 6.74. The number of imide groups is 1. The number of benzene rings is 1. The maximum absolute atomic E-state index is 12.4. The number of amides is 4. The Kier molecular flexibility index (Phi) is 5.54. The quantitative estimate of drug-likeness (QED) is 0.422. The monoisotopic (exact) mass is 399 g/mol. The molecule has 0 unspecified atom stereocenters. The summed E-state index contributed by atoms with van der Waals surface area (Å²) in [6.07, 6.45) is 0.809. The summed E-state index contributed by atoms with van der Waals surface area (Å²) < 4.78 is 0. The number of likely N-dealkylation sites (tertiary alicyclic amines) is 1. The van der Waals surface area contributed by atoms with E-state index in [2.05, 4.69) is 5.32 Å². The zero-order valence-corrected chi connectivity index (χ0v) is 15.3. The summed E-state index contributed by atoms with van der Waals surface area (Å²) in [6.45, 7) is 0.317. The standard InChI is InChI=1S/C18H17N5O6/c19-6-3-16(25)21-7-4-11(5-8-21)20-15(24)10-22-17(26)13-2-1-12(23(28)29)9-14(13)18(22)27/h1-2,9,11H,3-5,7-8,10H2,(H,20,24). The molecule has 2 heterocycles. The van der Waals surface area contributed by atoms with Gasteiger partial charge in [-0.3, -0.25) is 34.2 Å². The van der Waals surface area contributed by atoms with Crippen LogP contribution in [0.2, 0.25) is 0 Å². The second-order valence-electron chi connectivity index (χ2n) is 6.74. The lowest BCUT2D eigenvalue weighted by Crippen LogP contribution is -2.49. The van der Waals surface area contributed by atoms with E-state index < -0.39 is 29.2 Å². The predicted molar refractivity (Wildman–Crippen MR) is 96.4 cm³/mol. The van der Waals surface area contributed by atoms with Crippen LogP contribution in [-0.4, -0.2) is 64.0 Å². The van der Waals surface area contributed by atoms with E-state index in [1.165, 1.54) is 6.07 Å². The molecule has 2 aliphatic heterocycles. The summed E-state index contributed by atoms with van der Waals surface area (Å²) in [5.74, 6) is -2.21. The van der Waals surface area contributed by atoms with E-state index in [9.17, 15) is 29.3 Å². The summed E-state index contributed by atoms with van der Waals surface area (Å²) in [7, 11) is 0. The molecule has 2 aliphatic rings. The van der Waals surface area contributed by atoms with Crippen LogP contribution in [0.4, 0.5) is 5.69 Å². The predicted octanol–water partition coefficient (Wildman–Crippen LogP) is 0.212. The van der Waals surface area contributed by atoms with Crippen molar-refractivity contribution in [1.82, 2.24) is 15.1 Å². The molecule has 0 aliphatic carbocycles. The first-order valence-corrected chi connectivity index (χ1v) is 8.90. The van der Waals surface area contributed by atoms with Gasteiger partial charge < -0.3 is 10.2 Å². The number of nitrogens with zero attached hydrogens (tertiary/aromatic N) is 4. The van der Waals surface area contributed by atoms with Crippen molar-refractivity contribution < 1.29 is 24.1 Å². The number of carbonyl (C=O) groups excluding carboxylic acids is 4. The van der Waals surface area contributed by atoms with E-state index in [4.69, 9.17) is 5.26 Å². The SMILES string of the molecule is N#CCC(=O)N1CCC(NC(=O)CN2C(=O)c3ccc([N+](=O)[O-])cc3C2=O)CC1. The van der Waals surface area contributed by atoms with Crippen LogP contribution in [-0.2, 0) is 9.59 Å². The number of nitro benzene ring substituents is 1. The van der Waals surface area contributed by atoms with Gasteiger partial charge in [0.25, 0.3) is 17.5 Å². The summed E-state index contributed by atoms with van der Waals surface area (Å²) >= 11 is 0. The van der Waals surface area contributed by atoms with E-state index >= 15 is 0 Å². The molecule has 1 aromatic carbocycles. The van der Waals surface area contributed by atoms with Gasteiger partial charge in [0.15, 0.2) is 0 Å². The third-order valence-corrected chi connectivity index (χ3v) is 4.91. The summed E-state index contributed by atoms with van der Waals surface area (Å²) in [4.78, 5) is 61.3. The molecule has 4 amide bonds. The van der Waals surface area contributed by atoms with Crippen LogP contribution in [0.15, 0.2) is 18.2 Å². The molecule has 0 radical (unpaired) electrons. The fourth-order valence-electron chi connectivity index (χ4n) is 3.41. The van der Waals surface area contributed by atoms with Gasteiger partial charge in [-0.1, -0.05) is 0 Å². The van der Waals surface area contributed by atoms with Crippen molar-refractivity contribution in [3.63, 3.8) is 0 Å². The number of nitrogens with one attached hydrogen (secondary N) is 1. The topological polar surface area (TPSA) is 154 Å². The van der Waals surface area contributed by atoms with E-state index in [-0.39, 0.29) is 35.2 Å². The smallest absolute Gasteiger partial charge is 0.270 e. The van der Waals surface area contributed by atoms with Crippen LogP contribution < -0.4 is 5.32 Å². The van der Waals surface area contributed by atoms with Gasteiger partial charge in [-0.25, -0.2) is 0 Å². The van der Waals surface area contributed by atoms with Gasteiger partial charge in [0.2, 0.25) is 11.8 Å². The van der Waals surface area contributed by atoms with Gasteiger partial charge in [0, 0.05) is 31.3 Å². The molecule has 1 aromatic rings. The van der Waals surface area contributed by atoms with E-state index in [1.807, 2.05) is 0 Å². The van der Waals surface area contributed by atoms with Crippen LogP contribution >= 0.6 is 0 Å². The fourth-order valence-corrected chi connectivity index (χ4v) is 3.41. The molecule has 1 fully saturated rings. The van der Waals surface area contributed by atoms with Gasteiger partial charge in [0.1, 0.15) is 13.0 Å². The molecule has 0 spiro atoms. The molecule has 0 aromatic heterocycles. The lowest BCUT2D eigenvalue weighted by atomic mass is 10.0. The second kappa shape index (κ2) is 8.05. The summed E-state index contributed by atoms with van der Waals surface area (Å²) in [5, 5.41) is 22.2. The van der Waals surface area contributed by atoms with Crippen molar-refractivity contribution in [3.05, 3.63) is 39.4 Å². The molecule has 11 heteroatoms. The molecule has 11 nitrogen and oxygen atoms in total. The first-order chi connectivity index (χ1) is 13.8. The highest BCUT2D eigenvalue weighted by Crippen LogP contribution is 2.26. The Bertz CT molecular complexity index is 945. The van der Waals surface area contributed by atoms with Crippen molar-refractivity contribution >= 4 is 29.3 Å². The van der Waals surface area contributed by atoms with Crippen molar-refractivity contribution in [1.29, 1.82) is 5.26 Å². The first-order valence-electron chi connectivity index (χ1n) is 8.90. The molecule has 0 bridgehead atoms. The van der Waals surface area contributed by atoms with Gasteiger partial charge >= 0.3 is 0 Å². The van der Waals surface area contributed by atoms with Crippen LogP contribution in [0.3, 0.4) is 0 Å². The van der Waals surface area contributed by atoms with E-state index in [0.717, 1.165) is 17.0 Å². The molecular weight excluding hydrogens is 382 g/mol. The first kappa shape index (κ1) is 19.9. The number of piperidine rings is 1. The minimum absolute atomic E-state index is 0.0257. The molecule has 29 heavy (non-hydrogen) atoms. The summed E-state index contributed by atoms with van der Waals surface area (Å²) in [5.41, 5.74) is -0.382. The normalized spacial score (nSPS) is 16.4. The Balaban J connectivity index is 1.57. The Morgan fingerprint density at radius 1 is 1.21 bits per heavy atom. The van der Waals surface area contributed by atoms with Gasteiger partial charge in [-0.2, -0.15) is 5.26 Å². The molecule has 1 N–H and O–H groups in total. The number of rotatable bonds is 5. The summed E-state index contributed by atoms with van der Waals surface area (Å²) in [6, 6.07) is 4.96. The average Bonchev–Trinajstić information content (AvgIpc) is 2.93. The van der Waals surface area contributed by atoms with Gasteiger partial charge in [-0.15, -0.1) is 0 Å². The Morgan fingerprint density at radius 3 is 2.48 bits per heavy atom. The lowest BCUT2D eigenvalue weighted by molar-refractivity contribution is -0.384.